The molecule has 2 N–H and O–H groups in total. The first-order chi connectivity index (χ1) is 12.7. The second-order valence-corrected chi connectivity index (χ2v) is 5.31. The Morgan fingerprint density at radius 3 is 2.37 bits per heavy atom. The van der Waals surface area contributed by atoms with Gasteiger partial charge < -0.3 is 19.9 Å². The number of benzene rings is 1. The number of nitrogens with one attached hydrogen (secondary N) is 1. The smallest absolute Gasteiger partial charge is 0.422 e. The van der Waals surface area contributed by atoms with Gasteiger partial charge in [0.05, 0.1) is 12.7 Å². The number of methoxy groups -OCH3 is 1. The molecule has 2 rings (SSSR count). The lowest BCUT2D eigenvalue weighted by atomic mass is 10.1. The van der Waals surface area contributed by atoms with Gasteiger partial charge in [0.25, 0.3) is 5.91 Å². The van der Waals surface area contributed by atoms with Gasteiger partial charge in [0.2, 0.25) is 5.88 Å². The standard InChI is InChI=1S/C17H15F3N2O5/c1-26-16(25)14(10-2-5-12(23)6-3-10)22-15(24)11-4-7-13(21-8-11)27-9-17(18,19)20/h2-8,14,23H,9H2,1H3,(H,22,24)/t14-/m0/s1. The summed E-state index contributed by atoms with van der Waals surface area (Å²) >= 11 is 0. The van der Waals surface area contributed by atoms with Gasteiger partial charge in [-0.25, -0.2) is 9.78 Å². The number of esters is 1. The number of nitrogens with zero attached hydrogens (tertiary/aromatic N) is 1. The van der Waals surface area contributed by atoms with Crippen molar-refractivity contribution in [3.8, 4) is 11.6 Å². The average molecular weight is 384 g/mol. The minimum atomic E-state index is -4.50. The third kappa shape index (κ3) is 5.87. The zero-order valence-electron chi connectivity index (χ0n) is 14.0. The van der Waals surface area contributed by atoms with Crippen molar-refractivity contribution in [3.63, 3.8) is 0 Å². The second-order valence-electron chi connectivity index (χ2n) is 5.31. The van der Waals surface area contributed by atoms with Gasteiger partial charge in [-0.1, -0.05) is 12.1 Å². The molecule has 7 nitrogen and oxygen atoms in total. The number of carbonyl (C=O) groups is 2. The zero-order chi connectivity index (χ0) is 20.0. The van der Waals surface area contributed by atoms with E-state index in [-0.39, 0.29) is 17.2 Å². The van der Waals surface area contributed by atoms with E-state index in [0.29, 0.717) is 5.56 Å². The predicted molar refractivity (Wildman–Crippen MR) is 86.1 cm³/mol. The molecule has 0 spiro atoms. The van der Waals surface area contributed by atoms with Gasteiger partial charge in [-0.2, -0.15) is 13.2 Å². The molecular weight excluding hydrogens is 369 g/mol. The number of halogens is 3. The SMILES string of the molecule is COC(=O)[C@@H](NC(=O)c1ccc(OCC(F)(F)F)nc1)c1ccc(O)cc1. The lowest BCUT2D eigenvalue weighted by Crippen LogP contribution is -2.34. The Morgan fingerprint density at radius 2 is 1.85 bits per heavy atom. The molecule has 1 aromatic heterocycles. The van der Waals surface area contributed by atoms with Crippen molar-refractivity contribution in [2.24, 2.45) is 0 Å². The molecule has 27 heavy (non-hydrogen) atoms. The van der Waals surface area contributed by atoms with Gasteiger partial charge in [0.1, 0.15) is 5.75 Å². The quantitative estimate of drug-likeness (QED) is 0.742. The zero-order valence-corrected chi connectivity index (χ0v) is 14.0. The lowest BCUT2D eigenvalue weighted by molar-refractivity contribution is -0.154. The van der Waals surface area contributed by atoms with Crippen LogP contribution in [0.5, 0.6) is 11.6 Å². The van der Waals surface area contributed by atoms with Crippen LogP contribution in [0, 0.1) is 0 Å². The summed E-state index contributed by atoms with van der Waals surface area (Å²) in [6, 6.07) is 6.71. The van der Waals surface area contributed by atoms with Gasteiger partial charge in [-0.3, -0.25) is 4.79 Å². The van der Waals surface area contributed by atoms with Crippen LogP contribution in [0.3, 0.4) is 0 Å². The molecule has 0 bridgehead atoms. The summed E-state index contributed by atoms with van der Waals surface area (Å²) in [6.45, 7) is -1.50. The van der Waals surface area contributed by atoms with E-state index in [0.717, 1.165) is 19.4 Å². The summed E-state index contributed by atoms with van der Waals surface area (Å²) in [5.74, 6) is -1.76. The van der Waals surface area contributed by atoms with Crippen LogP contribution in [0.25, 0.3) is 0 Å². The molecule has 0 aliphatic rings. The molecule has 0 aliphatic carbocycles. The number of amides is 1. The van der Waals surface area contributed by atoms with Crippen LogP contribution < -0.4 is 10.1 Å². The van der Waals surface area contributed by atoms with Crippen molar-refractivity contribution in [3.05, 3.63) is 53.7 Å². The minimum absolute atomic E-state index is 0.00189. The van der Waals surface area contributed by atoms with Gasteiger partial charge in [0.15, 0.2) is 12.6 Å². The molecular formula is C17H15F3N2O5. The number of alkyl halides is 3. The van der Waals surface area contributed by atoms with E-state index in [4.69, 9.17) is 0 Å². The van der Waals surface area contributed by atoms with E-state index < -0.39 is 30.7 Å². The summed E-state index contributed by atoms with van der Waals surface area (Å²) in [6.07, 6.45) is -3.48. The first kappa shape index (κ1) is 20.0. The summed E-state index contributed by atoms with van der Waals surface area (Å²) in [7, 11) is 1.15. The molecule has 0 saturated carbocycles. The Bertz CT molecular complexity index is 792. The Kier molecular flexibility index (Phi) is 6.22. The van der Waals surface area contributed by atoms with Gasteiger partial charge in [-0.15, -0.1) is 0 Å². The molecule has 1 aromatic carbocycles. The molecule has 2 aromatic rings. The molecule has 0 unspecified atom stereocenters. The molecule has 0 saturated heterocycles. The van der Waals surface area contributed by atoms with E-state index in [9.17, 15) is 27.9 Å². The van der Waals surface area contributed by atoms with Gasteiger partial charge >= 0.3 is 12.1 Å². The highest BCUT2D eigenvalue weighted by atomic mass is 19.4. The first-order valence-corrected chi connectivity index (χ1v) is 7.53. The summed E-state index contributed by atoms with van der Waals surface area (Å²) in [5.41, 5.74) is 0.369. The van der Waals surface area contributed by atoms with E-state index >= 15 is 0 Å². The van der Waals surface area contributed by atoms with Crippen molar-refractivity contribution in [1.29, 1.82) is 0 Å². The van der Waals surface area contributed by atoms with E-state index in [1.807, 2.05) is 0 Å². The molecule has 0 radical (unpaired) electrons. The number of aromatic nitrogens is 1. The van der Waals surface area contributed by atoms with Crippen molar-refractivity contribution in [2.75, 3.05) is 13.7 Å². The second kappa shape index (κ2) is 8.39. The van der Waals surface area contributed by atoms with E-state index in [1.165, 1.54) is 30.3 Å². The van der Waals surface area contributed by atoms with Crippen molar-refractivity contribution in [1.82, 2.24) is 10.3 Å². The highest BCUT2D eigenvalue weighted by Crippen LogP contribution is 2.20. The topological polar surface area (TPSA) is 97.8 Å². The molecule has 1 atom stereocenters. The fourth-order valence-electron chi connectivity index (χ4n) is 2.03. The normalized spacial score (nSPS) is 12.1. The Labute approximate surface area is 151 Å². The third-order valence-electron chi connectivity index (χ3n) is 3.32. The van der Waals surface area contributed by atoms with Crippen LogP contribution in [0.2, 0.25) is 0 Å². The van der Waals surface area contributed by atoms with Crippen molar-refractivity contribution in [2.45, 2.75) is 12.2 Å². The molecule has 144 valence electrons. The number of carbonyl (C=O) groups excluding carboxylic acids is 2. The Hall–Kier alpha value is -3.30. The van der Waals surface area contributed by atoms with Gasteiger partial charge in [0, 0.05) is 12.3 Å². The van der Waals surface area contributed by atoms with E-state index in [2.05, 4.69) is 19.8 Å². The molecule has 1 heterocycles. The monoisotopic (exact) mass is 384 g/mol. The maximum absolute atomic E-state index is 12.3. The number of ether oxygens (including phenoxy) is 2. The van der Waals surface area contributed by atoms with E-state index in [1.54, 1.807) is 0 Å². The number of aromatic hydroxyl groups is 1. The Morgan fingerprint density at radius 1 is 1.19 bits per heavy atom. The first-order valence-electron chi connectivity index (χ1n) is 7.53. The number of hydrogen-bond acceptors (Lipinski definition) is 6. The minimum Gasteiger partial charge on any atom is -0.508 e. The molecule has 0 fully saturated rings. The van der Waals surface area contributed by atoms with Crippen molar-refractivity contribution >= 4 is 11.9 Å². The maximum Gasteiger partial charge on any atom is 0.422 e. The van der Waals surface area contributed by atoms with Crippen LogP contribution >= 0.6 is 0 Å². The van der Waals surface area contributed by atoms with Crippen LogP contribution in [0.1, 0.15) is 22.0 Å². The van der Waals surface area contributed by atoms with Crippen molar-refractivity contribution < 1.29 is 37.3 Å². The average Bonchev–Trinajstić information content (AvgIpc) is 2.64. The predicted octanol–water partition coefficient (Wildman–Crippen LogP) is 2.37. The highest BCUT2D eigenvalue weighted by molar-refractivity contribution is 5.96. The Balaban J connectivity index is 2.10. The summed E-state index contributed by atoms with van der Waals surface area (Å²) in [5, 5.41) is 11.8. The largest absolute Gasteiger partial charge is 0.508 e. The summed E-state index contributed by atoms with van der Waals surface area (Å²) in [4.78, 5) is 27.9. The van der Waals surface area contributed by atoms with Crippen LogP contribution in [-0.4, -0.2) is 41.9 Å². The van der Waals surface area contributed by atoms with Crippen LogP contribution in [0.15, 0.2) is 42.6 Å². The van der Waals surface area contributed by atoms with Crippen LogP contribution in [-0.2, 0) is 9.53 Å². The molecule has 0 aliphatic heterocycles. The lowest BCUT2D eigenvalue weighted by Gasteiger charge is -2.17. The summed E-state index contributed by atoms with van der Waals surface area (Å²) < 4.78 is 45.4. The number of pyridine rings is 1. The number of rotatable bonds is 6. The molecule has 1 amide bonds. The fraction of sp³-hybridized carbons (Fsp3) is 0.235. The maximum atomic E-state index is 12.3. The highest BCUT2D eigenvalue weighted by Gasteiger charge is 2.29. The van der Waals surface area contributed by atoms with Gasteiger partial charge in [-0.05, 0) is 23.8 Å². The number of phenolic OH excluding ortho intramolecular Hbond substituents is 1. The molecule has 10 heteroatoms. The number of phenols is 1. The fourth-order valence-corrected chi connectivity index (χ4v) is 2.03. The third-order valence-corrected chi connectivity index (χ3v) is 3.32. The number of hydrogen-bond donors (Lipinski definition) is 2. The van der Waals surface area contributed by atoms with Crippen LogP contribution in [0.4, 0.5) is 13.2 Å².